The van der Waals surface area contributed by atoms with Crippen LogP contribution in [-0.4, -0.2) is 21.4 Å². The molecule has 0 saturated carbocycles. The number of hydrogen-bond donors (Lipinski definition) is 2. The van der Waals surface area contributed by atoms with Gasteiger partial charge >= 0.3 is 0 Å². The van der Waals surface area contributed by atoms with Gasteiger partial charge < -0.3 is 15.2 Å². The van der Waals surface area contributed by atoms with Crippen molar-refractivity contribution in [2.75, 3.05) is 5.32 Å². The molecular weight excluding hydrogens is 276 g/mol. The Hall–Kier alpha value is -2.15. The van der Waals surface area contributed by atoms with Gasteiger partial charge in [-0.05, 0) is 19.1 Å². The molecule has 0 atom stereocenters. The normalized spacial score (nSPS) is 10.3. The van der Waals surface area contributed by atoms with Gasteiger partial charge in [0.15, 0.2) is 5.13 Å². The Bertz CT molecular complexity index is 645. The van der Waals surface area contributed by atoms with Crippen LogP contribution in [0.5, 0.6) is 0 Å². The average Bonchev–Trinajstić information content (AvgIpc) is 2.96. The lowest BCUT2D eigenvalue weighted by molar-refractivity contribution is -0.114. The van der Waals surface area contributed by atoms with Crippen LogP contribution in [0, 0.1) is 6.92 Å². The number of hydrogen-bond acceptors (Lipinski definition) is 4. The van der Waals surface area contributed by atoms with E-state index in [1.165, 1.54) is 18.3 Å². The maximum Gasteiger partial charge on any atom is 0.271 e. The summed E-state index contributed by atoms with van der Waals surface area (Å²) >= 11 is 1.23. The van der Waals surface area contributed by atoms with Gasteiger partial charge in [-0.1, -0.05) is 0 Å². The standard InChI is InChI=1S/C13H16N4O2S/c1-8-4-5-10(17(8)3)6-14-12(19)11-7-20-13(16-11)15-9(2)18/h4-5,7H,6H2,1-3H3,(H,14,19)(H,15,16,18). The minimum atomic E-state index is -0.253. The fourth-order valence-corrected chi connectivity index (χ4v) is 2.43. The Morgan fingerprint density at radius 2 is 2.15 bits per heavy atom. The number of anilines is 1. The van der Waals surface area contributed by atoms with Crippen molar-refractivity contribution in [1.82, 2.24) is 14.9 Å². The highest BCUT2D eigenvalue weighted by Crippen LogP contribution is 2.15. The predicted octanol–water partition coefficient (Wildman–Crippen LogP) is 1.68. The Morgan fingerprint density at radius 3 is 2.75 bits per heavy atom. The first-order valence-corrected chi connectivity index (χ1v) is 6.98. The van der Waals surface area contributed by atoms with Crippen LogP contribution in [-0.2, 0) is 18.4 Å². The zero-order valence-corrected chi connectivity index (χ0v) is 12.4. The number of aryl methyl sites for hydroxylation is 1. The number of carbonyl (C=O) groups is 2. The molecule has 2 rings (SSSR count). The summed E-state index contributed by atoms with van der Waals surface area (Å²) < 4.78 is 2.02. The molecule has 0 fully saturated rings. The maximum absolute atomic E-state index is 11.9. The second-order valence-corrected chi connectivity index (χ2v) is 5.28. The molecule has 2 aromatic rings. The van der Waals surface area contributed by atoms with Gasteiger partial charge in [-0.25, -0.2) is 4.98 Å². The second-order valence-electron chi connectivity index (χ2n) is 4.43. The number of thiazole rings is 1. The Kier molecular flexibility index (Phi) is 4.19. The molecule has 106 valence electrons. The van der Waals surface area contributed by atoms with Crippen molar-refractivity contribution in [2.45, 2.75) is 20.4 Å². The van der Waals surface area contributed by atoms with Crippen LogP contribution in [0.25, 0.3) is 0 Å². The number of amides is 2. The third-order valence-electron chi connectivity index (χ3n) is 2.93. The van der Waals surface area contributed by atoms with Gasteiger partial charge in [0.25, 0.3) is 5.91 Å². The van der Waals surface area contributed by atoms with Gasteiger partial charge in [0.05, 0.1) is 6.54 Å². The first kappa shape index (κ1) is 14.3. The van der Waals surface area contributed by atoms with E-state index in [9.17, 15) is 9.59 Å². The quantitative estimate of drug-likeness (QED) is 0.900. The minimum Gasteiger partial charge on any atom is -0.350 e. The Morgan fingerprint density at radius 1 is 1.40 bits per heavy atom. The molecule has 7 heteroatoms. The van der Waals surface area contributed by atoms with Gasteiger partial charge in [0.2, 0.25) is 5.91 Å². The van der Waals surface area contributed by atoms with Crippen LogP contribution in [0.15, 0.2) is 17.5 Å². The Labute approximate surface area is 120 Å². The summed E-state index contributed by atoms with van der Waals surface area (Å²) in [7, 11) is 1.95. The van der Waals surface area contributed by atoms with Gasteiger partial charge in [0.1, 0.15) is 5.69 Å². The topological polar surface area (TPSA) is 76.0 Å². The molecule has 0 spiro atoms. The molecule has 2 aromatic heterocycles. The van der Waals surface area contributed by atoms with Crippen LogP contribution in [0.4, 0.5) is 5.13 Å². The fourth-order valence-electron chi connectivity index (χ4n) is 1.69. The molecule has 0 unspecified atom stereocenters. The van der Waals surface area contributed by atoms with Crippen molar-refractivity contribution >= 4 is 28.3 Å². The number of nitrogens with one attached hydrogen (secondary N) is 2. The summed E-state index contributed by atoms with van der Waals surface area (Å²) in [5.74, 6) is -0.456. The number of aromatic nitrogens is 2. The zero-order valence-electron chi connectivity index (χ0n) is 11.6. The van der Waals surface area contributed by atoms with E-state index in [1.807, 2.05) is 30.7 Å². The minimum absolute atomic E-state index is 0.203. The van der Waals surface area contributed by atoms with E-state index in [4.69, 9.17) is 0 Å². The number of rotatable bonds is 4. The molecule has 20 heavy (non-hydrogen) atoms. The van der Waals surface area contributed by atoms with E-state index in [1.54, 1.807) is 5.38 Å². The summed E-state index contributed by atoms with van der Waals surface area (Å²) in [5.41, 5.74) is 2.47. The van der Waals surface area contributed by atoms with Gasteiger partial charge in [-0.15, -0.1) is 11.3 Å². The fraction of sp³-hybridized carbons (Fsp3) is 0.308. The summed E-state index contributed by atoms with van der Waals surface area (Å²) in [6, 6.07) is 3.97. The summed E-state index contributed by atoms with van der Waals surface area (Å²) in [6.07, 6.45) is 0. The van der Waals surface area contributed by atoms with Gasteiger partial charge in [-0.3, -0.25) is 9.59 Å². The lowest BCUT2D eigenvalue weighted by Gasteiger charge is -2.06. The molecule has 2 amide bonds. The van der Waals surface area contributed by atoms with Crippen molar-refractivity contribution in [3.63, 3.8) is 0 Å². The zero-order chi connectivity index (χ0) is 14.7. The average molecular weight is 292 g/mol. The summed E-state index contributed by atoms with van der Waals surface area (Å²) in [6.45, 7) is 3.85. The van der Waals surface area contributed by atoms with Crippen LogP contribution in [0.1, 0.15) is 28.8 Å². The highest BCUT2D eigenvalue weighted by Gasteiger charge is 2.11. The lowest BCUT2D eigenvalue weighted by Crippen LogP contribution is -2.24. The van der Waals surface area contributed by atoms with E-state index in [0.29, 0.717) is 17.4 Å². The van der Waals surface area contributed by atoms with Crippen molar-refractivity contribution in [2.24, 2.45) is 7.05 Å². The summed E-state index contributed by atoms with van der Waals surface area (Å²) in [5, 5.41) is 7.41. The third-order valence-corrected chi connectivity index (χ3v) is 3.68. The second kappa shape index (κ2) is 5.87. The molecule has 2 N–H and O–H groups in total. The van der Waals surface area contributed by atoms with Gasteiger partial charge in [0, 0.05) is 30.7 Å². The van der Waals surface area contributed by atoms with Crippen molar-refractivity contribution in [3.8, 4) is 0 Å². The van der Waals surface area contributed by atoms with E-state index >= 15 is 0 Å². The van der Waals surface area contributed by atoms with Crippen LogP contribution >= 0.6 is 11.3 Å². The first-order chi connectivity index (χ1) is 9.47. The van der Waals surface area contributed by atoms with Crippen LogP contribution in [0.3, 0.4) is 0 Å². The molecule has 0 aliphatic carbocycles. The van der Waals surface area contributed by atoms with E-state index in [0.717, 1.165) is 11.4 Å². The molecule has 0 saturated heterocycles. The molecule has 0 bridgehead atoms. The van der Waals surface area contributed by atoms with E-state index < -0.39 is 0 Å². The summed E-state index contributed by atoms with van der Waals surface area (Å²) in [4.78, 5) is 26.9. The van der Waals surface area contributed by atoms with Crippen LogP contribution in [0.2, 0.25) is 0 Å². The van der Waals surface area contributed by atoms with Crippen molar-refractivity contribution < 1.29 is 9.59 Å². The molecule has 0 radical (unpaired) electrons. The van der Waals surface area contributed by atoms with Crippen LogP contribution < -0.4 is 10.6 Å². The van der Waals surface area contributed by atoms with Crippen molar-refractivity contribution in [1.29, 1.82) is 0 Å². The monoisotopic (exact) mass is 292 g/mol. The Balaban J connectivity index is 1.96. The van der Waals surface area contributed by atoms with Gasteiger partial charge in [-0.2, -0.15) is 0 Å². The predicted molar refractivity (Wildman–Crippen MR) is 77.7 cm³/mol. The lowest BCUT2D eigenvalue weighted by atomic mass is 10.4. The van der Waals surface area contributed by atoms with Crippen molar-refractivity contribution in [3.05, 3.63) is 34.6 Å². The third kappa shape index (κ3) is 3.24. The van der Waals surface area contributed by atoms with E-state index in [2.05, 4.69) is 15.6 Å². The molecular formula is C13H16N4O2S. The molecule has 0 aliphatic rings. The van der Waals surface area contributed by atoms with E-state index in [-0.39, 0.29) is 11.8 Å². The highest BCUT2D eigenvalue weighted by atomic mass is 32.1. The largest absolute Gasteiger partial charge is 0.350 e. The molecule has 0 aromatic carbocycles. The number of nitrogens with zero attached hydrogens (tertiary/aromatic N) is 2. The maximum atomic E-state index is 11.9. The molecule has 2 heterocycles. The molecule has 6 nitrogen and oxygen atoms in total. The highest BCUT2D eigenvalue weighted by molar-refractivity contribution is 7.14. The SMILES string of the molecule is CC(=O)Nc1nc(C(=O)NCc2ccc(C)n2C)cs1. The molecule has 0 aliphatic heterocycles. The first-order valence-electron chi connectivity index (χ1n) is 6.10. The number of carbonyl (C=O) groups excluding carboxylic acids is 2. The smallest absolute Gasteiger partial charge is 0.271 e.